The summed E-state index contributed by atoms with van der Waals surface area (Å²) in [6, 6.07) is 7.25. The number of benzene rings is 1. The number of fused-ring (bicyclic) bond motifs is 2. The van der Waals surface area contributed by atoms with Gasteiger partial charge < -0.3 is 14.6 Å². The second-order valence-corrected chi connectivity index (χ2v) is 8.69. The molecule has 11 nitrogen and oxygen atoms in total. The number of aromatic nitrogens is 6. The van der Waals surface area contributed by atoms with E-state index in [0.29, 0.717) is 63.9 Å². The first-order valence-corrected chi connectivity index (χ1v) is 12.1. The van der Waals surface area contributed by atoms with Crippen molar-refractivity contribution in [2.45, 2.75) is 45.6 Å². The van der Waals surface area contributed by atoms with Crippen LogP contribution in [0.5, 0.6) is 5.75 Å². The van der Waals surface area contributed by atoms with Crippen molar-refractivity contribution in [1.29, 1.82) is 0 Å². The third-order valence-corrected chi connectivity index (χ3v) is 5.99. The van der Waals surface area contributed by atoms with Gasteiger partial charge in [-0.05, 0) is 40.9 Å². The highest BCUT2D eigenvalue weighted by atomic mass is 79.9. The molecule has 0 aliphatic rings. The van der Waals surface area contributed by atoms with Gasteiger partial charge >= 0.3 is 0 Å². The van der Waals surface area contributed by atoms with Gasteiger partial charge in [-0.1, -0.05) is 38.5 Å². The maximum absolute atomic E-state index is 13.3. The monoisotopic (exact) mass is 542 g/mol. The summed E-state index contributed by atoms with van der Waals surface area (Å²) in [6.45, 7) is 6.84. The number of halogens is 1. The Hall–Kier alpha value is -3.51. The molecule has 0 unspecified atom stereocenters. The first kappa shape index (κ1) is 24.6. The Labute approximate surface area is 209 Å². The zero-order valence-electron chi connectivity index (χ0n) is 19.6. The van der Waals surface area contributed by atoms with Crippen molar-refractivity contribution < 1.29 is 9.57 Å². The lowest BCUT2D eigenvalue weighted by Crippen LogP contribution is -2.21. The van der Waals surface area contributed by atoms with Gasteiger partial charge in [-0.15, -0.1) is 10.2 Å². The maximum atomic E-state index is 13.3. The van der Waals surface area contributed by atoms with Crippen LogP contribution >= 0.6 is 15.9 Å². The molecule has 0 atom stereocenters. The molecule has 3 aromatic heterocycles. The number of imidazole rings is 1. The average Bonchev–Trinajstić information content (AvgIpc) is 3.47. The van der Waals surface area contributed by atoms with Gasteiger partial charge in [-0.3, -0.25) is 9.36 Å². The molecule has 0 bridgehead atoms. The van der Waals surface area contributed by atoms with Crippen LogP contribution in [-0.4, -0.2) is 42.1 Å². The van der Waals surface area contributed by atoms with E-state index in [2.05, 4.69) is 54.6 Å². The van der Waals surface area contributed by atoms with Gasteiger partial charge in [0.1, 0.15) is 11.6 Å². The predicted octanol–water partition coefficient (Wildman–Crippen LogP) is 3.51. The smallest absolute Gasteiger partial charge is 0.286 e. The van der Waals surface area contributed by atoms with E-state index in [4.69, 9.17) is 15.5 Å². The lowest BCUT2D eigenvalue weighted by atomic mass is 10.2. The summed E-state index contributed by atoms with van der Waals surface area (Å²) in [6.07, 6.45) is 3.87. The number of hydrogen-bond donors (Lipinski definition) is 2. The summed E-state index contributed by atoms with van der Waals surface area (Å²) in [4.78, 5) is 30.1. The van der Waals surface area contributed by atoms with Crippen molar-refractivity contribution >= 4 is 38.8 Å². The topological polar surface area (TPSA) is 138 Å². The minimum Gasteiger partial charge on any atom is -0.496 e. The number of rotatable bonds is 10. The molecular weight excluding hydrogens is 516 g/mol. The highest BCUT2D eigenvalue weighted by Gasteiger charge is 2.19. The molecule has 3 heterocycles. The molecule has 0 saturated carbocycles. The number of aromatic amines is 1. The van der Waals surface area contributed by atoms with E-state index < -0.39 is 0 Å². The summed E-state index contributed by atoms with van der Waals surface area (Å²) >= 11 is 3.34. The average molecular weight is 543 g/mol. The number of methoxy groups -OCH3 is 1. The number of aliphatic imine (C=N–C) groups is 1. The van der Waals surface area contributed by atoms with Crippen LogP contribution in [0.4, 0.5) is 0 Å². The zero-order valence-corrected chi connectivity index (χ0v) is 21.2. The van der Waals surface area contributed by atoms with Crippen molar-refractivity contribution in [2.75, 3.05) is 7.11 Å². The fourth-order valence-electron chi connectivity index (χ4n) is 3.89. The third-order valence-electron chi connectivity index (χ3n) is 5.61. The van der Waals surface area contributed by atoms with Crippen molar-refractivity contribution in [1.82, 2.24) is 29.1 Å². The highest BCUT2D eigenvalue weighted by molar-refractivity contribution is 9.10. The number of unbranched alkanes of at least 4 members (excludes halogenated alkanes) is 2. The largest absolute Gasteiger partial charge is 0.496 e. The predicted molar refractivity (Wildman–Crippen MR) is 136 cm³/mol. The standard InChI is InChI=1S/C23H27BrN8O3/c1-4-5-8-13-31-19-18(27-22(24)28-19)21(33)32-17(29-30-23(31)32)12-11-14(2)26-20(35-25)15-9-6-7-10-16(15)34-3/h6-7,9-10H,2,4-5,8,11-13,25H2,1,3H3,(H,27,28)/b26-20-. The molecule has 4 aromatic rings. The van der Waals surface area contributed by atoms with E-state index >= 15 is 0 Å². The van der Waals surface area contributed by atoms with Crippen LogP contribution in [0.3, 0.4) is 0 Å². The molecular formula is C23H27BrN8O3. The van der Waals surface area contributed by atoms with Gasteiger partial charge in [-0.25, -0.2) is 14.4 Å². The molecule has 0 fully saturated rings. The second kappa shape index (κ2) is 10.8. The highest BCUT2D eigenvalue weighted by Crippen LogP contribution is 2.21. The van der Waals surface area contributed by atoms with E-state index in [0.717, 1.165) is 19.3 Å². The quantitative estimate of drug-likeness (QED) is 0.103. The van der Waals surface area contributed by atoms with E-state index in [1.807, 2.05) is 16.7 Å². The summed E-state index contributed by atoms with van der Waals surface area (Å²) < 4.78 is 9.30. The van der Waals surface area contributed by atoms with E-state index in [1.165, 1.54) is 4.40 Å². The number of allylic oxidation sites excluding steroid dienone is 1. The van der Waals surface area contributed by atoms with Gasteiger partial charge in [-0.2, -0.15) is 5.90 Å². The van der Waals surface area contributed by atoms with Crippen LogP contribution in [0, 0.1) is 0 Å². The van der Waals surface area contributed by atoms with E-state index in [1.54, 1.807) is 19.2 Å². The van der Waals surface area contributed by atoms with E-state index in [-0.39, 0.29) is 11.5 Å². The van der Waals surface area contributed by atoms with Gasteiger partial charge in [0.25, 0.3) is 5.56 Å². The lowest BCUT2D eigenvalue weighted by molar-refractivity contribution is 0.319. The summed E-state index contributed by atoms with van der Waals surface area (Å²) in [5.41, 5.74) is 1.80. The third kappa shape index (κ3) is 4.98. The minimum atomic E-state index is -0.256. The van der Waals surface area contributed by atoms with Crippen molar-refractivity contribution in [3.8, 4) is 5.75 Å². The first-order valence-electron chi connectivity index (χ1n) is 11.3. The number of nitrogens with zero attached hydrogens (tertiary/aromatic N) is 6. The maximum Gasteiger partial charge on any atom is 0.286 e. The summed E-state index contributed by atoms with van der Waals surface area (Å²) in [5.74, 6) is 7.19. The molecule has 12 heteroatoms. The number of nitrogens with one attached hydrogen (secondary N) is 1. The Morgan fingerprint density at radius 3 is 2.83 bits per heavy atom. The molecule has 0 radical (unpaired) electrons. The van der Waals surface area contributed by atoms with Crippen LogP contribution in [0.15, 0.2) is 51.1 Å². The molecule has 3 N–H and O–H groups in total. The normalized spacial score (nSPS) is 11.9. The fourth-order valence-corrected chi connectivity index (χ4v) is 4.26. The Morgan fingerprint density at radius 2 is 2.09 bits per heavy atom. The number of nitrogens with two attached hydrogens (primary N) is 1. The Kier molecular flexibility index (Phi) is 7.61. The number of para-hydroxylation sites is 1. The van der Waals surface area contributed by atoms with Crippen LogP contribution in [0.1, 0.15) is 44.0 Å². The molecule has 184 valence electrons. The molecule has 0 aliphatic heterocycles. The fraction of sp³-hybridized carbons (Fsp3) is 0.348. The number of hydrogen-bond acceptors (Lipinski definition) is 8. The van der Waals surface area contributed by atoms with Crippen LogP contribution < -0.4 is 16.2 Å². The molecule has 0 amide bonds. The van der Waals surface area contributed by atoms with Gasteiger partial charge in [0.05, 0.1) is 12.7 Å². The van der Waals surface area contributed by atoms with Gasteiger partial charge in [0.2, 0.25) is 11.7 Å². The van der Waals surface area contributed by atoms with E-state index in [9.17, 15) is 4.79 Å². The van der Waals surface area contributed by atoms with Gasteiger partial charge in [0.15, 0.2) is 15.9 Å². The molecule has 35 heavy (non-hydrogen) atoms. The Morgan fingerprint density at radius 1 is 1.29 bits per heavy atom. The second-order valence-electron chi connectivity index (χ2n) is 7.94. The van der Waals surface area contributed by atoms with Crippen molar-refractivity contribution in [3.05, 3.63) is 63.0 Å². The number of ether oxygens (including phenoxy) is 1. The summed E-state index contributed by atoms with van der Waals surface area (Å²) in [7, 11) is 1.56. The Bertz CT molecular complexity index is 1450. The minimum absolute atomic E-state index is 0.181. The zero-order chi connectivity index (χ0) is 24.9. The lowest BCUT2D eigenvalue weighted by Gasteiger charge is -2.10. The molecule has 0 saturated heterocycles. The van der Waals surface area contributed by atoms with Crippen molar-refractivity contribution in [2.24, 2.45) is 10.9 Å². The van der Waals surface area contributed by atoms with Crippen molar-refractivity contribution in [3.63, 3.8) is 0 Å². The first-order chi connectivity index (χ1) is 17.0. The molecule has 4 rings (SSSR count). The van der Waals surface area contributed by atoms with Crippen LogP contribution in [0.25, 0.3) is 16.9 Å². The molecule has 0 spiro atoms. The van der Waals surface area contributed by atoms with Gasteiger partial charge in [0, 0.05) is 18.7 Å². The SMILES string of the molecule is C=C(CCc1nnc2n(CCCCC)c3nc(Br)[nH]c3c(=O)n12)/N=C(\ON)c1ccccc1OC. The van der Waals surface area contributed by atoms with Crippen LogP contribution in [0.2, 0.25) is 0 Å². The summed E-state index contributed by atoms with van der Waals surface area (Å²) in [5, 5.41) is 8.62. The molecule has 0 aliphatic carbocycles. The number of H-pyrrole nitrogens is 1. The van der Waals surface area contributed by atoms with Crippen LogP contribution in [-0.2, 0) is 17.8 Å². The molecule has 1 aromatic carbocycles. The Balaban J connectivity index is 1.64. The number of aryl methyl sites for hydroxylation is 2.